The maximum absolute atomic E-state index is 13.8. The number of hydrogen-bond acceptors (Lipinski definition) is 6. The Kier molecular flexibility index (Phi) is 6.97. The molecule has 3 rings (SSSR count). The van der Waals surface area contributed by atoms with Crippen molar-refractivity contribution in [2.75, 3.05) is 37.0 Å². The van der Waals surface area contributed by atoms with Crippen LogP contribution in [-0.2, 0) is 21.9 Å². The minimum Gasteiger partial charge on any atom is -0.497 e. The van der Waals surface area contributed by atoms with E-state index >= 15 is 0 Å². The summed E-state index contributed by atoms with van der Waals surface area (Å²) >= 11 is 0. The van der Waals surface area contributed by atoms with E-state index in [9.17, 15) is 13.2 Å². The zero-order chi connectivity index (χ0) is 24.3. The van der Waals surface area contributed by atoms with Crippen LogP contribution >= 0.6 is 0 Å². The highest BCUT2D eigenvalue weighted by atomic mass is 32.2. The molecule has 0 radical (unpaired) electrons. The van der Waals surface area contributed by atoms with Gasteiger partial charge in [-0.2, -0.15) is 5.10 Å². The highest BCUT2D eigenvalue weighted by molar-refractivity contribution is 7.93. The van der Waals surface area contributed by atoms with E-state index in [1.54, 1.807) is 83.6 Å². The average molecular weight is 473 g/mol. The number of sulfonamides is 1. The Bertz CT molecular complexity index is 1240. The van der Waals surface area contributed by atoms with Gasteiger partial charge in [-0.25, -0.2) is 8.42 Å². The van der Waals surface area contributed by atoms with E-state index in [1.807, 2.05) is 0 Å². The summed E-state index contributed by atoms with van der Waals surface area (Å²) < 4.78 is 40.5. The molecule has 176 valence electrons. The van der Waals surface area contributed by atoms with Gasteiger partial charge in [0.15, 0.2) is 0 Å². The molecule has 9 nitrogen and oxygen atoms in total. The number of rotatable bonds is 8. The minimum atomic E-state index is -4.09. The molecule has 3 aromatic rings. The third-order valence-corrected chi connectivity index (χ3v) is 7.49. The van der Waals surface area contributed by atoms with Crippen LogP contribution in [0.5, 0.6) is 11.5 Å². The maximum atomic E-state index is 13.8. The SMILES string of the molecule is COc1ccc(N(C)C(=O)CN(c2ccc(OC)cc2)S(=O)(=O)c2c(C)nn(C)c2C)cc1. The van der Waals surface area contributed by atoms with Crippen LogP contribution < -0.4 is 18.7 Å². The Morgan fingerprint density at radius 2 is 1.42 bits per heavy atom. The lowest BCUT2D eigenvalue weighted by atomic mass is 10.2. The molecule has 33 heavy (non-hydrogen) atoms. The smallest absolute Gasteiger partial charge is 0.268 e. The number of hydrogen-bond donors (Lipinski definition) is 0. The van der Waals surface area contributed by atoms with Gasteiger partial charge in [0.05, 0.1) is 31.3 Å². The van der Waals surface area contributed by atoms with Gasteiger partial charge in [0.25, 0.3) is 10.0 Å². The van der Waals surface area contributed by atoms with Crippen molar-refractivity contribution in [1.82, 2.24) is 9.78 Å². The molecule has 0 saturated carbocycles. The van der Waals surface area contributed by atoms with E-state index in [2.05, 4.69) is 5.10 Å². The summed E-state index contributed by atoms with van der Waals surface area (Å²) in [5.74, 6) is 0.829. The first kappa shape index (κ1) is 24.1. The molecule has 0 unspecified atom stereocenters. The number of carbonyl (C=O) groups excluding carboxylic acids is 1. The van der Waals surface area contributed by atoms with Gasteiger partial charge in [-0.15, -0.1) is 0 Å². The van der Waals surface area contributed by atoms with Crippen molar-refractivity contribution < 1.29 is 22.7 Å². The van der Waals surface area contributed by atoms with Crippen LogP contribution in [-0.4, -0.2) is 51.9 Å². The monoisotopic (exact) mass is 472 g/mol. The molecule has 0 aliphatic heterocycles. The second-order valence-corrected chi connectivity index (χ2v) is 9.28. The fourth-order valence-corrected chi connectivity index (χ4v) is 5.30. The van der Waals surface area contributed by atoms with E-state index in [1.165, 1.54) is 16.7 Å². The molecule has 0 bridgehead atoms. The van der Waals surface area contributed by atoms with Gasteiger partial charge < -0.3 is 14.4 Å². The van der Waals surface area contributed by atoms with Crippen molar-refractivity contribution in [3.05, 3.63) is 59.9 Å². The van der Waals surface area contributed by atoms with E-state index in [0.717, 1.165) is 4.31 Å². The number of nitrogens with zero attached hydrogens (tertiary/aromatic N) is 4. The first-order valence-electron chi connectivity index (χ1n) is 10.2. The van der Waals surface area contributed by atoms with Crippen molar-refractivity contribution in [3.8, 4) is 11.5 Å². The van der Waals surface area contributed by atoms with Crippen molar-refractivity contribution in [2.24, 2.45) is 7.05 Å². The molecule has 10 heteroatoms. The number of aryl methyl sites for hydroxylation is 2. The second kappa shape index (κ2) is 9.53. The first-order valence-corrected chi connectivity index (χ1v) is 11.6. The molecular formula is C23H28N4O5S. The molecule has 1 amide bonds. The summed E-state index contributed by atoms with van der Waals surface area (Å²) in [6.45, 7) is 2.92. The topological polar surface area (TPSA) is 94.0 Å². The lowest BCUT2D eigenvalue weighted by Crippen LogP contribution is -2.42. The second-order valence-electron chi connectivity index (χ2n) is 7.48. The third-order valence-electron chi connectivity index (χ3n) is 5.46. The highest BCUT2D eigenvalue weighted by Crippen LogP contribution is 2.29. The predicted octanol–water partition coefficient (Wildman–Crippen LogP) is 2.91. The molecule has 0 fully saturated rings. The lowest BCUT2D eigenvalue weighted by molar-refractivity contribution is -0.116. The van der Waals surface area contributed by atoms with Crippen molar-refractivity contribution in [2.45, 2.75) is 18.7 Å². The number of methoxy groups -OCH3 is 2. The Morgan fingerprint density at radius 3 is 1.85 bits per heavy atom. The van der Waals surface area contributed by atoms with Gasteiger partial charge in [-0.3, -0.25) is 13.8 Å². The van der Waals surface area contributed by atoms with Crippen LogP contribution in [0, 0.1) is 13.8 Å². The Hall–Kier alpha value is -3.53. The van der Waals surface area contributed by atoms with Gasteiger partial charge >= 0.3 is 0 Å². The predicted molar refractivity (Wildman–Crippen MR) is 127 cm³/mol. The van der Waals surface area contributed by atoms with Crippen LogP contribution in [0.2, 0.25) is 0 Å². The molecule has 0 spiro atoms. The van der Waals surface area contributed by atoms with Crippen molar-refractivity contribution >= 4 is 27.3 Å². The molecular weight excluding hydrogens is 444 g/mol. The molecule has 2 aromatic carbocycles. The van der Waals surface area contributed by atoms with Crippen LogP contribution in [0.3, 0.4) is 0 Å². The van der Waals surface area contributed by atoms with E-state index in [-0.39, 0.29) is 4.90 Å². The number of ether oxygens (including phenoxy) is 2. The van der Waals surface area contributed by atoms with E-state index in [0.29, 0.717) is 34.3 Å². The lowest BCUT2D eigenvalue weighted by Gasteiger charge is -2.27. The largest absolute Gasteiger partial charge is 0.497 e. The number of carbonyl (C=O) groups is 1. The molecule has 0 saturated heterocycles. The highest BCUT2D eigenvalue weighted by Gasteiger charge is 2.33. The minimum absolute atomic E-state index is 0.0840. The van der Waals surface area contributed by atoms with Gasteiger partial charge in [-0.05, 0) is 62.4 Å². The Balaban J connectivity index is 2.02. The molecule has 1 heterocycles. The molecule has 0 aliphatic carbocycles. The van der Waals surface area contributed by atoms with Crippen LogP contribution in [0.1, 0.15) is 11.4 Å². The number of aromatic nitrogens is 2. The van der Waals surface area contributed by atoms with Gasteiger partial charge in [-0.1, -0.05) is 0 Å². The summed E-state index contributed by atoms with van der Waals surface area (Å²) in [5, 5.41) is 4.24. The number of benzene rings is 2. The standard InChI is InChI=1S/C23H28N4O5S/c1-16-23(17(2)26(4)24-16)33(29,30)27(19-9-13-21(32-6)14-10-19)15-22(28)25(3)18-7-11-20(31-5)12-8-18/h7-14H,15H2,1-6H3. The molecule has 0 aliphatic rings. The summed E-state index contributed by atoms with van der Waals surface area (Å²) in [7, 11) is 2.28. The summed E-state index contributed by atoms with van der Waals surface area (Å²) in [4.78, 5) is 14.7. The summed E-state index contributed by atoms with van der Waals surface area (Å²) in [6.07, 6.45) is 0. The van der Waals surface area contributed by atoms with E-state index < -0.39 is 22.5 Å². The maximum Gasteiger partial charge on any atom is 0.268 e. The number of anilines is 2. The summed E-state index contributed by atoms with van der Waals surface area (Å²) in [5.41, 5.74) is 1.81. The van der Waals surface area contributed by atoms with Gasteiger partial charge in [0.2, 0.25) is 5.91 Å². The average Bonchev–Trinajstić information content (AvgIpc) is 3.08. The van der Waals surface area contributed by atoms with E-state index in [4.69, 9.17) is 9.47 Å². The number of amides is 1. The number of likely N-dealkylation sites (N-methyl/N-ethyl adjacent to an activating group) is 1. The van der Waals surface area contributed by atoms with Crippen LogP contribution in [0.4, 0.5) is 11.4 Å². The van der Waals surface area contributed by atoms with Crippen molar-refractivity contribution in [1.29, 1.82) is 0 Å². The summed E-state index contributed by atoms with van der Waals surface area (Å²) in [6, 6.07) is 13.5. The molecule has 0 atom stereocenters. The Labute approximate surface area is 194 Å². The molecule has 1 aromatic heterocycles. The normalized spacial score (nSPS) is 11.2. The fraction of sp³-hybridized carbons (Fsp3) is 0.304. The van der Waals surface area contributed by atoms with Gasteiger partial charge in [0.1, 0.15) is 22.9 Å². The zero-order valence-electron chi connectivity index (χ0n) is 19.6. The fourth-order valence-electron chi connectivity index (χ4n) is 3.48. The first-order chi connectivity index (χ1) is 15.6. The Morgan fingerprint density at radius 1 is 0.939 bits per heavy atom. The third kappa shape index (κ3) is 4.80. The molecule has 0 N–H and O–H groups in total. The van der Waals surface area contributed by atoms with Gasteiger partial charge in [0, 0.05) is 19.8 Å². The van der Waals surface area contributed by atoms with Crippen LogP contribution in [0.15, 0.2) is 53.4 Å². The van der Waals surface area contributed by atoms with Crippen molar-refractivity contribution in [3.63, 3.8) is 0 Å². The van der Waals surface area contributed by atoms with Crippen LogP contribution in [0.25, 0.3) is 0 Å². The quantitative estimate of drug-likeness (QED) is 0.500. The zero-order valence-corrected chi connectivity index (χ0v) is 20.4.